The van der Waals surface area contributed by atoms with Crippen LogP contribution in [0.25, 0.3) is 16.0 Å². The molecular weight excluding hydrogens is 729 g/mol. The molecule has 9 heteroatoms. The Hall–Kier alpha value is -0.811. The fourth-order valence-corrected chi connectivity index (χ4v) is 13.6. The third-order valence-electron chi connectivity index (χ3n) is 9.11. The van der Waals surface area contributed by atoms with Gasteiger partial charge in [0.2, 0.25) is 0 Å². The van der Waals surface area contributed by atoms with Gasteiger partial charge in [0.05, 0.1) is 34.0 Å². The summed E-state index contributed by atoms with van der Waals surface area (Å²) in [5.41, 5.74) is 10.4. The molecule has 0 aliphatic heterocycles. The molecular formula is C39H63Fe2N4P3+4. The maximum atomic E-state index is 5.37. The van der Waals surface area contributed by atoms with Crippen LogP contribution in [-0.4, -0.2) is 52.8 Å². The van der Waals surface area contributed by atoms with Gasteiger partial charge in [0.15, 0.2) is 0 Å². The molecule has 3 aromatic rings. The second-order valence-electron chi connectivity index (χ2n) is 14.4. The summed E-state index contributed by atoms with van der Waals surface area (Å²) in [5, 5.41) is 16.1. The van der Waals surface area contributed by atoms with Crippen LogP contribution in [0.4, 0.5) is 34.1 Å². The first-order valence-electron chi connectivity index (χ1n) is 17.5. The summed E-state index contributed by atoms with van der Waals surface area (Å²) in [7, 11) is -1.94. The van der Waals surface area contributed by atoms with Gasteiger partial charge < -0.3 is 20.9 Å². The molecule has 0 saturated heterocycles. The Bertz CT molecular complexity index is 1150. The number of hydrogen-bond donors (Lipinski definition) is 0. The number of hydrogen-bond acceptors (Lipinski definition) is 1. The van der Waals surface area contributed by atoms with Crippen molar-refractivity contribution in [1.82, 2.24) is 0 Å². The minimum atomic E-state index is -0.646. The third-order valence-corrected chi connectivity index (χ3v) is 19.6. The Kier molecular flexibility index (Phi) is 20.9. The van der Waals surface area contributed by atoms with Gasteiger partial charge in [-0.25, -0.2) is 0 Å². The molecule has 4 nitrogen and oxygen atoms in total. The average molecular weight is 793 g/mol. The van der Waals surface area contributed by atoms with E-state index in [0.717, 1.165) is 53.0 Å². The number of anilines is 3. The molecule has 0 aliphatic rings. The third kappa shape index (κ3) is 12.8. The van der Waals surface area contributed by atoms with E-state index in [4.69, 9.17) is 16.0 Å². The zero-order valence-electron chi connectivity index (χ0n) is 31.5. The minimum absolute atomic E-state index is 0. The van der Waals surface area contributed by atoms with Gasteiger partial charge in [0, 0.05) is 17.1 Å². The molecule has 0 amide bonds. The number of para-hydroxylation sites is 6. The summed E-state index contributed by atoms with van der Waals surface area (Å²) in [6.45, 7) is 28.4. The zero-order valence-corrected chi connectivity index (χ0v) is 36.7. The molecule has 0 heterocycles. The van der Waals surface area contributed by atoms with E-state index in [-0.39, 0.29) is 34.1 Å². The van der Waals surface area contributed by atoms with Crippen molar-refractivity contribution in [1.29, 1.82) is 0 Å². The van der Waals surface area contributed by atoms with Crippen LogP contribution in [-0.2, 0) is 34.1 Å². The van der Waals surface area contributed by atoms with Crippen molar-refractivity contribution < 1.29 is 34.1 Å². The normalized spacial score (nSPS) is 11.7. The van der Waals surface area contributed by atoms with E-state index in [1.54, 1.807) is 0 Å². The van der Waals surface area contributed by atoms with Gasteiger partial charge in [-0.2, -0.15) is 0 Å². The Morgan fingerprint density at radius 2 is 0.604 bits per heavy atom. The summed E-state index contributed by atoms with van der Waals surface area (Å²) < 4.78 is 0. The minimum Gasteiger partial charge on any atom is -0.651 e. The molecule has 3 aromatic carbocycles. The van der Waals surface area contributed by atoms with Gasteiger partial charge in [0.1, 0.15) is 0 Å². The van der Waals surface area contributed by atoms with Gasteiger partial charge in [0.25, 0.3) is 0 Å². The standard InChI is InChI=1S/C39H60N4P3.2Fe/c1-28(2)44(29(3)4)25-40-34-19-13-16-22-37(34)43(38-23-17-14-20-35(38)41-26-45(30(5)6)31(7)8)39-24-18-15-21-36(39)42-27-46(32(9)10)33(11)12;;/h13-24,28-33H,25-27H2,1-12H3;;/q-3;2*+2/p+3. The molecule has 3 rings (SSSR count). The van der Waals surface area contributed by atoms with Crippen molar-refractivity contribution >= 4 is 57.9 Å². The summed E-state index contributed by atoms with van der Waals surface area (Å²) in [5.74, 6) is 0. The maximum absolute atomic E-state index is 5.37. The van der Waals surface area contributed by atoms with Crippen molar-refractivity contribution in [2.75, 3.05) is 23.8 Å². The molecule has 48 heavy (non-hydrogen) atoms. The van der Waals surface area contributed by atoms with Crippen molar-refractivity contribution in [2.45, 2.75) is 117 Å². The SMILES string of the molecule is CC(C)[PH+](C[N-]c1ccccc1N(c1ccccc1[N-]C[PH+](C(C)C)C(C)C)c1ccccc1[N-]C[PH+](C(C)C)C(C)C)C(C)C.[Fe+2].[Fe+2]. The van der Waals surface area contributed by atoms with Crippen LogP contribution in [0.5, 0.6) is 0 Å². The van der Waals surface area contributed by atoms with E-state index >= 15 is 0 Å². The second kappa shape index (κ2) is 22.2. The molecule has 0 radical (unpaired) electrons. The molecule has 0 bridgehead atoms. The molecule has 266 valence electrons. The maximum Gasteiger partial charge on any atom is 2.00 e. The molecule has 0 spiro atoms. The van der Waals surface area contributed by atoms with Crippen LogP contribution in [0.3, 0.4) is 0 Å². The Morgan fingerprint density at radius 3 is 0.812 bits per heavy atom. The molecule has 0 aromatic heterocycles. The zero-order chi connectivity index (χ0) is 34.0. The van der Waals surface area contributed by atoms with E-state index in [9.17, 15) is 0 Å². The fourth-order valence-electron chi connectivity index (χ4n) is 6.37. The van der Waals surface area contributed by atoms with Gasteiger partial charge in [-0.05, 0) is 144 Å². The fraction of sp³-hybridized carbons (Fsp3) is 0.538. The van der Waals surface area contributed by atoms with Crippen molar-refractivity contribution in [2.24, 2.45) is 0 Å². The summed E-state index contributed by atoms with van der Waals surface area (Å²) >= 11 is 0. The summed E-state index contributed by atoms with van der Waals surface area (Å²) in [6.07, 6.45) is 2.73. The molecule has 0 fully saturated rings. The molecule has 0 atom stereocenters. The predicted octanol–water partition coefficient (Wildman–Crippen LogP) is 14.1. The first-order chi connectivity index (χ1) is 21.8. The van der Waals surface area contributed by atoms with Crippen molar-refractivity contribution in [3.63, 3.8) is 0 Å². The van der Waals surface area contributed by atoms with Crippen LogP contribution in [0.2, 0.25) is 0 Å². The average Bonchev–Trinajstić information content (AvgIpc) is 2.98. The van der Waals surface area contributed by atoms with E-state index < -0.39 is 23.8 Å². The van der Waals surface area contributed by atoms with E-state index in [2.05, 4.69) is 161 Å². The molecule has 0 aliphatic carbocycles. The molecule has 0 N–H and O–H groups in total. The van der Waals surface area contributed by atoms with Crippen LogP contribution >= 0.6 is 23.8 Å². The smallest absolute Gasteiger partial charge is 0.651 e. The van der Waals surface area contributed by atoms with E-state index in [1.807, 2.05) is 0 Å². The first kappa shape index (κ1) is 45.2. The van der Waals surface area contributed by atoms with E-state index in [0.29, 0.717) is 34.0 Å². The largest absolute Gasteiger partial charge is 2.00 e. The predicted molar refractivity (Wildman–Crippen MR) is 221 cm³/mol. The second-order valence-corrected chi connectivity index (χ2v) is 25.7. The number of rotatable bonds is 18. The Labute approximate surface area is 319 Å². The van der Waals surface area contributed by atoms with Gasteiger partial charge in [-0.15, -0.1) is 17.1 Å². The van der Waals surface area contributed by atoms with Crippen LogP contribution in [0.1, 0.15) is 83.1 Å². The molecule has 0 saturated carbocycles. The number of benzene rings is 3. The molecule has 0 unspecified atom stereocenters. The first-order valence-corrected chi connectivity index (χ1v) is 23.1. The van der Waals surface area contributed by atoms with Gasteiger partial charge in [-0.3, -0.25) is 0 Å². The van der Waals surface area contributed by atoms with Crippen LogP contribution in [0, 0.1) is 0 Å². The number of nitrogens with zero attached hydrogens (tertiary/aromatic N) is 4. The van der Waals surface area contributed by atoms with Crippen LogP contribution < -0.4 is 4.90 Å². The van der Waals surface area contributed by atoms with Gasteiger partial charge in [-0.1, -0.05) is 54.6 Å². The van der Waals surface area contributed by atoms with Crippen molar-refractivity contribution in [3.05, 3.63) is 88.7 Å². The quantitative estimate of drug-likeness (QED) is 0.0935. The summed E-state index contributed by atoms with van der Waals surface area (Å²) in [4.78, 5) is 2.40. The Morgan fingerprint density at radius 1 is 0.396 bits per heavy atom. The van der Waals surface area contributed by atoms with Gasteiger partial charge >= 0.3 is 34.1 Å². The monoisotopic (exact) mass is 792 g/mol. The van der Waals surface area contributed by atoms with Crippen LogP contribution in [0.15, 0.2) is 72.8 Å². The topological polar surface area (TPSA) is 45.5 Å². The van der Waals surface area contributed by atoms with E-state index in [1.165, 1.54) is 0 Å². The Balaban J connectivity index is 0.00000576. The van der Waals surface area contributed by atoms with Crippen molar-refractivity contribution in [3.8, 4) is 0 Å². The summed E-state index contributed by atoms with van der Waals surface area (Å²) in [6, 6.07) is 26.1.